The molecule has 2 aliphatic heterocycles. The quantitative estimate of drug-likeness (QED) is 0.0211. The van der Waals surface area contributed by atoms with Crippen molar-refractivity contribution in [3.63, 3.8) is 0 Å². The first-order valence-corrected chi connectivity index (χ1v) is 19.5. The van der Waals surface area contributed by atoms with Crippen molar-refractivity contribution in [3.05, 3.63) is 47.7 Å². The number of benzene rings is 1. The van der Waals surface area contributed by atoms with E-state index in [2.05, 4.69) is 35.9 Å². The molecular formula is C33H41F3N8O12S2. The number of carbonyl (C=O) groups excluding carboxylic acids is 2. The van der Waals surface area contributed by atoms with Crippen LogP contribution in [-0.4, -0.2) is 118 Å². The molecule has 0 radical (unpaired) electrons. The molecule has 318 valence electrons. The summed E-state index contributed by atoms with van der Waals surface area (Å²) in [6, 6.07) is 7.10. The number of nitrogens with zero attached hydrogens (tertiary/aromatic N) is 5. The number of aromatic nitrogens is 3. The molecule has 0 unspecified atom stereocenters. The Morgan fingerprint density at radius 3 is 2.38 bits per heavy atom. The molecule has 25 heteroatoms. The van der Waals surface area contributed by atoms with Gasteiger partial charge in [0.15, 0.2) is 23.7 Å². The summed E-state index contributed by atoms with van der Waals surface area (Å²) in [7, 11) is -3.26. The van der Waals surface area contributed by atoms with Gasteiger partial charge in [-0.2, -0.15) is 27.2 Å². The number of Topliss-reactive ketones (excluding diaryl/α,β-unsaturated/α-hetero) is 1. The third kappa shape index (κ3) is 12.4. The molecule has 0 aliphatic carbocycles. The second-order valence-corrected chi connectivity index (χ2v) is 15.4. The molecule has 3 aromatic rings. The molecule has 5 rings (SSSR count). The summed E-state index contributed by atoms with van der Waals surface area (Å²) in [5.74, 6) is -5.89. The van der Waals surface area contributed by atoms with Gasteiger partial charge in [-0.15, -0.1) is 16.0 Å². The van der Waals surface area contributed by atoms with Gasteiger partial charge in [-0.3, -0.25) is 9.59 Å². The van der Waals surface area contributed by atoms with Crippen LogP contribution in [0, 0.1) is 11.8 Å². The molecule has 2 aliphatic rings. The van der Waals surface area contributed by atoms with E-state index in [0.29, 0.717) is 10.8 Å². The van der Waals surface area contributed by atoms with Gasteiger partial charge in [0.25, 0.3) is 12.0 Å². The average molecular weight is 863 g/mol. The topological polar surface area (TPSA) is 281 Å². The van der Waals surface area contributed by atoms with Crippen LogP contribution in [0.1, 0.15) is 32.4 Å². The normalized spacial score (nSPS) is 17.4. The van der Waals surface area contributed by atoms with Gasteiger partial charge in [-0.05, 0) is 50.4 Å². The molecular weight excluding hydrogens is 822 g/mol. The Balaban J connectivity index is 0.000000973. The number of thiazole rings is 1. The number of ketones is 1. The lowest BCUT2D eigenvalue weighted by atomic mass is 9.74. The molecule has 2 atom stereocenters. The maximum atomic E-state index is 13.4. The summed E-state index contributed by atoms with van der Waals surface area (Å²) in [6.45, 7) is 7.32. The zero-order valence-corrected chi connectivity index (χ0v) is 32.8. The number of nitrogen functional groups attached to an aromatic ring is 1. The highest BCUT2D eigenvalue weighted by Gasteiger charge is 2.57. The highest BCUT2D eigenvalue weighted by Crippen LogP contribution is 2.40. The number of hydrogen-bond acceptors (Lipinski definition) is 16. The first kappa shape index (κ1) is 45.5. The number of carboxylic acid groups (broad SMARTS) is 2. The predicted octanol–water partition coefficient (Wildman–Crippen LogP) is 0.692. The molecule has 20 nitrogen and oxygen atoms in total. The highest BCUT2D eigenvalue weighted by atomic mass is 32.3. The number of carbonyl (C=O) groups is 4. The molecule has 4 heterocycles. The second kappa shape index (κ2) is 19.0. The van der Waals surface area contributed by atoms with Crippen LogP contribution in [0.4, 0.5) is 18.3 Å². The summed E-state index contributed by atoms with van der Waals surface area (Å²) < 4.78 is 78.9. The van der Waals surface area contributed by atoms with Gasteiger partial charge in [0, 0.05) is 31.4 Å². The minimum absolute atomic E-state index is 0.0245. The third-order valence-corrected chi connectivity index (χ3v) is 9.90. The lowest BCUT2D eigenvalue weighted by Gasteiger charge is -2.51. The van der Waals surface area contributed by atoms with Gasteiger partial charge in [-0.1, -0.05) is 17.3 Å². The molecule has 2 fully saturated rings. The Bertz CT molecular complexity index is 2090. The first-order chi connectivity index (χ1) is 27.1. The molecule has 6 N–H and O–H groups in total. The molecule has 0 spiro atoms. The number of nitrogens with one attached hydrogen (secondary N) is 2. The summed E-state index contributed by atoms with van der Waals surface area (Å²) in [6.07, 6.45) is -2.17. The number of oxime groups is 1. The van der Waals surface area contributed by atoms with E-state index in [4.69, 9.17) is 25.2 Å². The fraction of sp³-hybridized carbons (Fsp3) is 0.485. The molecule has 0 bridgehead atoms. The van der Waals surface area contributed by atoms with Crippen LogP contribution in [0.2, 0.25) is 0 Å². The van der Waals surface area contributed by atoms with Crippen molar-refractivity contribution in [2.75, 3.05) is 38.5 Å². The Labute approximate surface area is 333 Å². The van der Waals surface area contributed by atoms with Gasteiger partial charge in [-0.25, -0.2) is 23.0 Å². The van der Waals surface area contributed by atoms with Crippen LogP contribution >= 0.6 is 11.3 Å². The van der Waals surface area contributed by atoms with Crippen LogP contribution in [0.15, 0.2) is 47.2 Å². The largest absolute Gasteiger partial charge is 0.724 e. The molecule has 58 heavy (non-hydrogen) atoms. The van der Waals surface area contributed by atoms with Crippen LogP contribution in [0.5, 0.6) is 5.75 Å². The van der Waals surface area contributed by atoms with Crippen LogP contribution in [0.25, 0.3) is 11.1 Å². The molecule has 2 saturated heterocycles. The van der Waals surface area contributed by atoms with Gasteiger partial charge in [0.1, 0.15) is 18.1 Å². The number of hydrogen-bond donors (Lipinski definition) is 5. The first-order valence-electron chi connectivity index (χ1n) is 17.3. The van der Waals surface area contributed by atoms with Crippen molar-refractivity contribution in [2.45, 2.75) is 51.1 Å². The minimum Gasteiger partial charge on any atom is -0.724 e. The maximum Gasteiger partial charge on any atom is 0.490 e. The summed E-state index contributed by atoms with van der Waals surface area (Å²) in [5.41, 5.74) is 5.87. The number of anilines is 1. The Morgan fingerprint density at radius 1 is 1.21 bits per heavy atom. The van der Waals surface area contributed by atoms with Crippen molar-refractivity contribution >= 4 is 56.2 Å². The lowest BCUT2D eigenvalue weighted by molar-refractivity contribution is -0.753. The van der Waals surface area contributed by atoms with Gasteiger partial charge >= 0.3 is 18.1 Å². The summed E-state index contributed by atoms with van der Waals surface area (Å²) in [4.78, 5) is 56.2. The van der Waals surface area contributed by atoms with E-state index >= 15 is 0 Å². The SMILES string of the molecule is C[n+]1cc(-c2ccc(OC[C@H](O/N=C(\C(=O)C[C@@H]3C(=O)N(OS(=O)(=O)[O-])C3(C)C)c3csc(N)n3)C(=O)O)cc2)cn1CCCNCC1CNC1.O=C(O)C(F)(F)F. The van der Waals surface area contributed by atoms with Crippen LogP contribution < -0.4 is 25.8 Å². The smallest absolute Gasteiger partial charge is 0.490 e. The fourth-order valence-electron chi connectivity index (χ4n) is 5.56. The maximum absolute atomic E-state index is 13.4. The summed E-state index contributed by atoms with van der Waals surface area (Å²) in [5, 5.41) is 29.4. The highest BCUT2D eigenvalue weighted by molar-refractivity contribution is 7.80. The monoisotopic (exact) mass is 862 g/mol. The number of nitrogens with two attached hydrogens (primary N) is 1. The zero-order chi connectivity index (χ0) is 43.0. The van der Waals surface area contributed by atoms with Crippen LogP contribution in [-0.2, 0) is 52.3 Å². The van der Waals surface area contributed by atoms with Crippen molar-refractivity contribution in [1.29, 1.82) is 0 Å². The second-order valence-electron chi connectivity index (χ2n) is 13.6. The predicted molar refractivity (Wildman–Crippen MR) is 194 cm³/mol. The lowest BCUT2D eigenvalue weighted by Crippen LogP contribution is -2.68. The average Bonchev–Trinajstić information content (AvgIpc) is 3.72. The number of halogens is 3. The Morgan fingerprint density at radius 2 is 1.86 bits per heavy atom. The van der Waals surface area contributed by atoms with Crippen molar-refractivity contribution < 1.29 is 74.1 Å². The zero-order valence-electron chi connectivity index (χ0n) is 31.2. The van der Waals surface area contributed by atoms with Gasteiger partial charge in [0.05, 0.1) is 29.8 Å². The number of β-lactam (4-membered cyclic amide) rings is 1. The van der Waals surface area contributed by atoms with E-state index in [1.807, 2.05) is 30.1 Å². The number of hydroxylamine groups is 2. The van der Waals surface area contributed by atoms with Gasteiger partial charge < -0.3 is 40.7 Å². The van der Waals surface area contributed by atoms with Crippen molar-refractivity contribution in [2.24, 2.45) is 24.0 Å². The van der Waals surface area contributed by atoms with E-state index in [1.165, 1.54) is 19.2 Å². The number of rotatable bonds is 19. The molecule has 2 aromatic heterocycles. The Hall–Kier alpha value is -5.21. The Kier molecular flexibility index (Phi) is 14.9. The third-order valence-electron chi connectivity index (χ3n) is 8.90. The number of aryl methyl sites for hydroxylation is 2. The van der Waals surface area contributed by atoms with Crippen molar-refractivity contribution in [3.8, 4) is 16.9 Å². The van der Waals surface area contributed by atoms with E-state index in [1.54, 1.807) is 12.1 Å². The van der Waals surface area contributed by atoms with E-state index in [0.717, 1.165) is 67.5 Å². The number of ether oxygens (including phenoxy) is 1. The number of amides is 1. The number of carboxylic acids is 2. The number of alkyl halides is 3. The van der Waals surface area contributed by atoms with E-state index < -0.39 is 76.5 Å². The molecule has 1 aromatic carbocycles. The standard InChI is InChI=1S/C31H40N8O10S2.C2HF3O2/c1-31(2)23(28(41)39(31)49-51(44,45)46)11-25(40)27(24-18-50-30(32)35-24)36-48-26(29(42)43)17-47-22-7-5-20(6-8-22)21-15-37(3)38(16-21)10-4-9-33-12-19-13-34-14-19;3-2(4,5)1(6)7/h5-8,15-16,18-19,23,26,33-34H,4,9-14,17H2,1-3H3,(H3-,32,35,42,43,44,45,46);(H,6,7)/b36-27-;/t23-,26+;/m1./s1. The van der Waals surface area contributed by atoms with E-state index in [9.17, 15) is 45.6 Å². The molecule has 1 amide bonds. The fourth-order valence-corrected chi connectivity index (χ4v) is 6.55. The van der Waals surface area contributed by atoms with Gasteiger partial charge in [0.2, 0.25) is 16.6 Å². The van der Waals surface area contributed by atoms with E-state index in [-0.39, 0.29) is 10.8 Å². The molecule has 0 saturated carbocycles. The number of aliphatic carboxylic acids is 2. The minimum atomic E-state index is -5.24. The van der Waals surface area contributed by atoms with Crippen LogP contribution in [0.3, 0.4) is 0 Å². The summed E-state index contributed by atoms with van der Waals surface area (Å²) >= 11 is 0.987. The van der Waals surface area contributed by atoms with Crippen molar-refractivity contribution in [1.82, 2.24) is 25.4 Å².